The molecule has 2 aromatic carbocycles. The van der Waals surface area contributed by atoms with Crippen molar-refractivity contribution in [3.05, 3.63) is 76.6 Å². The minimum atomic E-state index is -5.05. The van der Waals surface area contributed by atoms with Crippen LogP contribution in [0.2, 0.25) is 0 Å². The van der Waals surface area contributed by atoms with E-state index in [0.29, 0.717) is 10.7 Å². The van der Waals surface area contributed by atoms with Gasteiger partial charge in [0.1, 0.15) is 29.2 Å². The predicted molar refractivity (Wildman–Crippen MR) is 141 cm³/mol. The summed E-state index contributed by atoms with van der Waals surface area (Å²) in [6, 6.07) is 5.13. The lowest BCUT2D eigenvalue weighted by Crippen LogP contribution is -2.36. The van der Waals surface area contributed by atoms with Crippen molar-refractivity contribution < 1.29 is 51.6 Å². The minimum absolute atomic E-state index is 0.127. The number of ether oxygens (including phenoxy) is 1. The van der Waals surface area contributed by atoms with Crippen molar-refractivity contribution in [2.75, 3.05) is 13.2 Å². The summed E-state index contributed by atoms with van der Waals surface area (Å²) in [6.07, 6.45) is -5.25. The highest BCUT2D eigenvalue weighted by molar-refractivity contribution is 5.95. The van der Waals surface area contributed by atoms with Crippen LogP contribution in [0.15, 0.2) is 42.6 Å². The third-order valence-corrected chi connectivity index (χ3v) is 7.33. The molecule has 14 heteroatoms. The van der Waals surface area contributed by atoms with Gasteiger partial charge in [-0.05, 0) is 62.4 Å². The quantitative estimate of drug-likeness (QED) is 0.223. The van der Waals surface area contributed by atoms with Gasteiger partial charge in [0, 0.05) is 12.6 Å². The number of halogens is 5. The Labute approximate surface area is 243 Å². The highest BCUT2D eigenvalue weighted by Gasteiger charge is 2.43. The summed E-state index contributed by atoms with van der Waals surface area (Å²) < 4.78 is 77.0. The topological polar surface area (TPSA) is 125 Å². The number of phenolic OH excluding ortho intramolecular Hbond substituents is 2. The zero-order valence-corrected chi connectivity index (χ0v) is 23.0. The second-order valence-electron chi connectivity index (χ2n) is 10.3. The number of aromatic nitrogens is 2. The first kappa shape index (κ1) is 31.7. The number of amides is 1. The van der Waals surface area contributed by atoms with Crippen molar-refractivity contribution in [2.24, 2.45) is 5.92 Å². The molecule has 1 heterocycles. The van der Waals surface area contributed by atoms with Crippen molar-refractivity contribution in [3.63, 3.8) is 0 Å². The molecule has 4 rings (SSSR count). The number of aliphatic hydroxyl groups is 1. The van der Waals surface area contributed by atoms with Crippen LogP contribution in [-0.2, 0) is 22.3 Å². The molecular weight excluding hydrogens is 581 g/mol. The second kappa shape index (κ2) is 13.0. The molecule has 0 saturated heterocycles. The van der Waals surface area contributed by atoms with Crippen LogP contribution in [-0.4, -0.2) is 55.0 Å². The molecule has 232 valence electrons. The molecule has 1 unspecified atom stereocenters. The minimum Gasteiger partial charge on any atom is -0.507 e. The van der Waals surface area contributed by atoms with E-state index in [1.165, 1.54) is 6.07 Å². The number of carbonyl (C=O) groups is 2. The first-order valence-electron chi connectivity index (χ1n) is 13.5. The van der Waals surface area contributed by atoms with Crippen molar-refractivity contribution in [3.8, 4) is 11.5 Å². The van der Waals surface area contributed by atoms with Gasteiger partial charge in [0.25, 0.3) is 5.91 Å². The summed E-state index contributed by atoms with van der Waals surface area (Å²) in [7, 11) is 0. The van der Waals surface area contributed by atoms with E-state index in [4.69, 9.17) is 4.74 Å². The zero-order valence-electron chi connectivity index (χ0n) is 23.0. The number of alkyl halides is 3. The number of nitrogens with zero attached hydrogens (tertiary/aromatic N) is 3. The van der Waals surface area contributed by atoms with Crippen LogP contribution in [0.5, 0.6) is 11.5 Å². The summed E-state index contributed by atoms with van der Waals surface area (Å²) in [5.74, 6) is -5.23. The summed E-state index contributed by atoms with van der Waals surface area (Å²) in [5.41, 5.74) is -2.74. The van der Waals surface area contributed by atoms with Crippen LogP contribution in [0, 0.1) is 17.6 Å². The Balaban J connectivity index is 1.69. The van der Waals surface area contributed by atoms with Crippen LogP contribution >= 0.6 is 0 Å². The normalized spacial score (nSPS) is 17.8. The smallest absolute Gasteiger partial charge is 0.433 e. The molecule has 43 heavy (non-hydrogen) atoms. The van der Waals surface area contributed by atoms with Gasteiger partial charge in [-0.3, -0.25) is 14.3 Å². The third-order valence-electron chi connectivity index (χ3n) is 7.33. The molecule has 1 aliphatic carbocycles. The molecule has 0 spiro atoms. The Morgan fingerprint density at radius 1 is 1.07 bits per heavy atom. The molecule has 3 aromatic rings. The average Bonchev–Trinajstić information content (AvgIpc) is 3.38. The third kappa shape index (κ3) is 7.24. The number of carbonyl (C=O) groups excluding carboxylic acids is 2. The molecule has 1 amide bonds. The Bertz CT molecular complexity index is 1430. The van der Waals surface area contributed by atoms with Gasteiger partial charge in [0.05, 0.1) is 42.4 Å². The van der Waals surface area contributed by atoms with E-state index in [-0.39, 0.29) is 37.9 Å². The van der Waals surface area contributed by atoms with E-state index in [9.17, 15) is 46.9 Å². The molecule has 1 aliphatic rings. The lowest BCUT2D eigenvalue weighted by atomic mass is 9.86. The lowest BCUT2D eigenvalue weighted by Gasteiger charge is -2.29. The van der Waals surface area contributed by atoms with Crippen LogP contribution in [0.1, 0.15) is 71.9 Å². The summed E-state index contributed by atoms with van der Waals surface area (Å²) in [6.45, 7) is 0.430. The molecular formula is C29H30F5N3O6. The maximum absolute atomic E-state index is 14.5. The van der Waals surface area contributed by atoms with Gasteiger partial charge in [-0.1, -0.05) is 6.07 Å². The van der Waals surface area contributed by atoms with E-state index in [1.807, 2.05) is 0 Å². The standard InChI is InChI=1S/C29H30F5N3O6/c1-2-43-28(42)17-6-8-20(9-7-17)37-26(29(32,33)34)21(13-35-37)27(41)36(14-16-10-18(30)12-19(31)11-16)15-24(40)25-22(38)4-3-5-23(25)39/h3-5,10-13,17,20,24,38-40H,2,6-9,14-15H2,1H3. The average molecular weight is 612 g/mol. The molecule has 0 bridgehead atoms. The van der Waals surface area contributed by atoms with E-state index in [2.05, 4.69) is 5.10 Å². The van der Waals surface area contributed by atoms with Gasteiger partial charge in [-0.15, -0.1) is 0 Å². The van der Waals surface area contributed by atoms with E-state index in [0.717, 1.165) is 35.4 Å². The first-order valence-corrected chi connectivity index (χ1v) is 13.5. The number of hydrogen-bond donors (Lipinski definition) is 3. The monoisotopic (exact) mass is 611 g/mol. The first-order chi connectivity index (χ1) is 20.3. The van der Waals surface area contributed by atoms with Crippen LogP contribution in [0.3, 0.4) is 0 Å². The number of aromatic hydroxyl groups is 2. The maximum atomic E-state index is 14.5. The van der Waals surface area contributed by atoms with E-state index < -0.39 is 89.2 Å². The summed E-state index contributed by atoms with van der Waals surface area (Å²) in [5, 5.41) is 35.0. The molecule has 1 atom stereocenters. The second-order valence-corrected chi connectivity index (χ2v) is 10.3. The van der Waals surface area contributed by atoms with Crippen LogP contribution in [0.25, 0.3) is 0 Å². The number of aliphatic hydroxyl groups excluding tert-OH is 1. The number of rotatable bonds is 9. The zero-order chi connectivity index (χ0) is 31.5. The molecule has 1 fully saturated rings. The van der Waals surface area contributed by atoms with Gasteiger partial charge in [0.2, 0.25) is 0 Å². The maximum Gasteiger partial charge on any atom is 0.433 e. The molecule has 1 aromatic heterocycles. The van der Waals surface area contributed by atoms with Crippen molar-refractivity contribution in [1.29, 1.82) is 0 Å². The fraction of sp³-hybridized carbons (Fsp3) is 0.414. The Hall–Kier alpha value is -4.20. The molecule has 9 nitrogen and oxygen atoms in total. The molecule has 1 saturated carbocycles. The van der Waals surface area contributed by atoms with Crippen molar-refractivity contribution in [1.82, 2.24) is 14.7 Å². The summed E-state index contributed by atoms with van der Waals surface area (Å²) in [4.78, 5) is 26.5. The summed E-state index contributed by atoms with van der Waals surface area (Å²) >= 11 is 0. The number of esters is 1. The SMILES string of the molecule is CCOC(=O)C1CCC(n2ncc(C(=O)N(Cc3cc(F)cc(F)c3)CC(O)c3c(O)cccc3O)c2C(F)(F)F)CC1. The molecule has 0 radical (unpaired) electrons. The highest BCUT2D eigenvalue weighted by Crippen LogP contribution is 2.40. The van der Waals surface area contributed by atoms with Gasteiger partial charge >= 0.3 is 12.1 Å². The van der Waals surface area contributed by atoms with Crippen molar-refractivity contribution in [2.45, 2.75) is 57.5 Å². The largest absolute Gasteiger partial charge is 0.507 e. The predicted octanol–water partition coefficient (Wildman–Crippen LogP) is 5.26. The van der Waals surface area contributed by atoms with Gasteiger partial charge in [0.15, 0.2) is 5.69 Å². The number of benzene rings is 2. The van der Waals surface area contributed by atoms with Crippen LogP contribution < -0.4 is 0 Å². The van der Waals surface area contributed by atoms with E-state index >= 15 is 0 Å². The van der Waals surface area contributed by atoms with Gasteiger partial charge < -0.3 is 25.0 Å². The Morgan fingerprint density at radius 3 is 2.23 bits per heavy atom. The Kier molecular flexibility index (Phi) is 9.58. The van der Waals surface area contributed by atoms with Crippen LogP contribution in [0.4, 0.5) is 22.0 Å². The Morgan fingerprint density at radius 2 is 1.67 bits per heavy atom. The lowest BCUT2D eigenvalue weighted by molar-refractivity contribution is -0.151. The van der Waals surface area contributed by atoms with Gasteiger partial charge in [-0.2, -0.15) is 18.3 Å². The molecule has 3 N–H and O–H groups in total. The molecule has 0 aliphatic heterocycles. The van der Waals surface area contributed by atoms with E-state index in [1.54, 1.807) is 6.92 Å². The number of hydrogen-bond acceptors (Lipinski definition) is 7. The number of phenols is 2. The fourth-order valence-corrected chi connectivity index (χ4v) is 5.39. The fourth-order valence-electron chi connectivity index (χ4n) is 5.39. The van der Waals surface area contributed by atoms with Crippen molar-refractivity contribution >= 4 is 11.9 Å². The van der Waals surface area contributed by atoms with Gasteiger partial charge in [-0.25, -0.2) is 8.78 Å². The highest BCUT2D eigenvalue weighted by atomic mass is 19.4.